The summed E-state index contributed by atoms with van der Waals surface area (Å²) in [7, 11) is 0. The number of esters is 1. The second-order valence-electron chi connectivity index (χ2n) is 6.26. The predicted molar refractivity (Wildman–Crippen MR) is 102 cm³/mol. The Bertz CT molecular complexity index is 750. The third-order valence-corrected chi connectivity index (χ3v) is 4.18. The fourth-order valence-electron chi connectivity index (χ4n) is 2.65. The van der Waals surface area contributed by atoms with Crippen molar-refractivity contribution in [2.24, 2.45) is 0 Å². The van der Waals surface area contributed by atoms with Crippen molar-refractivity contribution in [3.8, 4) is 16.9 Å². The van der Waals surface area contributed by atoms with Gasteiger partial charge < -0.3 is 9.84 Å². The van der Waals surface area contributed by atoms with Crippen LogP contribution in [0.5, 0.6) is 5.75 Å². The van der Waals surface area contributed by atoms with Gasteiger partial charge in [0, 0.05) is 24.2 Å². The Kier molecular flexibility index (Phi) is 7.54. The monoisotopic (exact) mass is 356 g/mol. The highest BCUT2D eigenvalue weighted by atomic mass is 19.1. The smallest absolute Gasteiger partial charge is 0.338 e. The minimum atomic E-state index is -0.575. The van der Waals surface area contributed by atoms with E-state index < -0.39 is 5.97 Å². The molecule has 0 bridgehead atoms. The molecule has 2 aromatic carbocycles. The molecule has 1 N–H and O–H groups in total. The number of aliphatic hydroxyl groups is 1. The summed E-state index contributed by atoms with van der Waals surface area (Å²) in [5.41, 5.74) is 2.46. The first kappa shape index (κ1) is 19.9. The van der Waals surface area contributed by atoms with Crippen LogP contribution in [0, 0.1) is 5.82 Å². The Morgan fingerprint density at radius 3 is 2.50 bits per heavy atom. The van der Waals surface area contributed by atoms with Gasteiger partial charge in [-0.2, -0.15) is 0 Å². The first-order chi connectivity index (χ1) is 12.5. The van der Waals surface area contributed by atoms with Crippen molar-refractivity contribution < 1.29 is 19.0 Å². The molecule has 138 valence electrons. The standard InChI is InChI=1S/C22H25FO3/c1-3-4-5-6-17-7-12-20(21(23)15-17)18-8-10-19(11-9-18)26-22(25)16(2)13-14-24/h7-12,15,24H,2-6,13-14H2,1H3. The van der Waals surface area contributed by atoms with E-state index in [4.69, 9.17) is 9.84 Å². The Labute approximate surface area is 154 Å². The van der Waals surface area contributed by atoms with Gasteiger partial charge in [-0.3, -0.25) is 0 Å². The van der Waals surface area contributed by atoms with Crippen LogP contribution in [0.3, 0.4) is 0 Å². The highest BCUT2D eigenvalue weighted by molar-refractivity contribution is 5.89. The van der Waals surface area contributed by atoms with E-state index in [1.165, 1.54) is 0 Å². The fraction of sp³-hybridized carbons (Fsp3) is 0.318. The van der Waals surface area contributed by atoms with Crippen molar-refractivity contribution in [2.75, 3.05) is 6.61 Å². The number of carbonyl (C=O) groups excluding carboxylic acids is 1. The van der Waals surface area contributed by atoms with E-state index in [1.807, 2.05) is 6.07 Å². The molecule has 0 fully saturated rings. The molecule has 0 spiro atoms. The molecule has 0 amide bonds. The summed E-state index contributed by atoms with van der Waals surface area (Å²) >= 11 is 0. The Balaban J connectivity index is 2.05. The molecule has 0 aromatic heterocycles. The van der Waals surface area contributed by atoms with Crippen molar-refractivity contribution in [2.45, 2.75) is 39.0 Å². The van der Waals surface area contributed by atoms with Crippen LogP contribution in [-0.2, 0) is 11.2 Å². The third-order valence-electron chi connectivity index (χ3n) is 4.18. The van der Waals surface area contributed by atoms with Crippen molar-refractivity contribution >= 4 is 5.97 Å². The number of benzene rings is 2. The zero-order chi connectivity index (χ0) is 18.9. The van der Waals surface area contributed by atoms with E-state index in [1.54, 1.807) is 36.4 Å². The number of hydrogen-bond acceptors (Lipinski definition) is 3. The minimum Gasteiger partial charge on any atom is -0.423 e. The number of hydrogen-bond donors (Lipinski definition) is 1. The van der Waals surface area contributed by atoms with Crippen LogP contribution in [0.1, 0.15) is 38.2 Å². The van der Waals surface area contributed by atoms with Crippen molar-refractivity contribution in [1.29, 1.82) is 0 Å². The number of ether oxygens (including phenoxy) is 1. The Morgan fingerprint density at radius 2 is 1.88 bits per heavy atom. The largest absolute Gasteiger partial charge is 0.423 e. The maximum absolute atomic E-state index is 14.4. The van der Waals surface area contributed by atoms with Crippen molar-refractivity contribution in [3.63, 3.8) is 0 Å². The zero-order valence-corrected chi connectivity index (χ0v) is 15.1. The molecule has 0 radical (unpaired) electrons. The normalized spacial score (nSPS) is 10.6. The van der Waals surface area contributed by atoms with E-state index in [2.05, 4.69) is 13.5 Å². The molecule has 0 saturated carbocycles. The molecule has 3 nitrogen and oxygen atoms in total. The zero-order valence-electron chi connectivity index (χ0n) is 15.1. The maximum Gasteiger partial charge on any atom is 0.338 e. The summed E-state index contributed by atoms with van der Waals surface area (Å²) in [6.45, 7) is 5.56. The fourth-order valence-corrected chi connectivity index (χ4v) is 2.65. The van der Waals surface area contributed by atoms with Gasteiger partial charge in [-0.1, -0.05) is 50.6 Å². The molecule has 0 saturated heterocycles. The molecule has 26 heavy (non-hydrogen) atoms. The summed E-state index contributed by atoms with van der Waals surface area (Å²) in [6.07, 6.45) is 4.42. The quantitative estimate of drug-likeness (QED) is 0.295. The number of carbonyl (C=O) groups is 1. The first-order valence-corrected chi connectivity index (χ1v) is 8.94. The lowest BCUT2D eigenvalue weighted by atomic mass is 10.0. The lowest BCUT2D eigenvalue weighted by molar-refractivity contribution is -0.130. The van der Waals surface area contributed by atoms with Crippen LogP contribution >= 0.6 is 0 Å². The summed E-state index contributed by atoms with van der Waals surface area (Å²) in [5.74, 6) is -0.469. The predicted octanol–water partition coefficient (Wildman–Crippen LogP) is 5.07. The number of unbranched alkanes of at least 4 members (excludes halogenated alkanes) is 2. The second kappa shape index (κ2) is 9.88. The summed E-state index contributed by atoms with van der Waals surface area (Å²) in [5, 5.41) is 8.82. The number of halogens is 1. The minimum absolute atomic E-state index is 0.152. The molecule has 0 atom stereocenters. The Morgan fingerprint density at radius 1 is 1.15 bits per heavy atom. The molecule has 0 aliphatic carbocycles. The Hall–Kier alpha value is -2.46. The molecular weight excluding hydrogens is 331 g/mol. The summed E-state index contributed by atoms with van der Waals surface area (Å²) in [6, 6.07) is 12.0. The van der Waals surface area contributed by atoms with Crippen LogP contribution in [0.15, 0.2) is 54.6 Å². The van der Waals surface area contributed by atoms with Gasteiger partial charge >= 0.3 is 5.97 Å². The number of aliphatic hydroxyl groups excluding tert-OH is 1. The van der Waals surface area contributed by atoms with Crippen LogP contribution < -0.4 is 4.74 Å². The van der Waals surface area contributed by atoms with Crippen molar-refractivity contribution in [1.82, 2.24) is 0 Å². The first-order valence-electron chi connectivity index (χ1n) is 8.94. The van der Waals surface area contributed by atoms with E-state index in [9.17, 15) is 9.18 Å². The third kappa shape index (κ3) is 5.53. The van der Waals surface area contributed by atoms with Gasteiger partial charge in [0.15, 0.2) is 0 Å². The van der Waals surface area contributed by atoms with Crippen molar-refractivity contribution in [3.05, 3.63) is 66.0 Å². The van der Waals surface area contributed by atoms with E-state index in [-0.39, 0.29) is 24.4 Å². The van der Waals surface area contributed by atoms with Crippen LogP contribution in [0.25, 0.3) is 11.1 Å². The van der Waals surface area contributed by atoms with Gasteiger partial charge in [0.2, 0.25) is 0 Å². The van der Waals surface area contributed by atoms with E-state index >= 15 is 0 Å². The second-order valence-corrected chi connectivity index (χ2v) is 6.26. The van der Waals surface area contributed by atoms with Gasteiger partial charge in [-0.15, -0.1) is 0 Å². The lowest BCUT2D eigenvalue weighted by Gasteiger charge is -2.09. The maximum atomic E-state index is 14.4. The number of aryl methyl sites for hydroxylation is 1. The number of rotatable bonds is 9. The molecule has 2 rings (SSSR count). The SMILES string of the molecule is C=C(CCO)C(=O)Oc1ccc(-c2ccc(CCCCC)cc2F)cc1. The highest BCUT2D eigenvalue weighted by Crippen LogP contribution is 2.26. The highest BCUT2D eigenvalue weighted by Gasteiger charge is 2.11. The molecule has 4 heteroatoms. The van der Waals surface area contributed by atoms with Gasteiger partial charge in [-0.25, -0.2) is 9.18 Å². The van der Waals surface area contributed by atoms with Gasteiger partial charge in [0.1, 0.15) is 11.6 Å². The molecule has 2 aromatic rings. The summed E-state index contributed by atoms with van der Waals surface area (Å²) < 4.78 is 19.6. The van der Waals surface area contributed by atoms with Gasteiger partial charge in [0.25, 0.3) is 0 Å². The van der Waals surface area contributed by atoms with E-state index in [0.29, 0.717) is 11.3 Å². The van der Waals surface area contributed by atoms with Gasteiger partial charge in [0.05, 0.1) is 0 Å². The molecule has 0 aliphatic heterocycles. The molecule has 0 unspecified atom stereocenters. The lowest BCUT2D eigenvalue weighted by Crippen LogP contribution is -2.11. The topological polar surface area (TPSA) is 46.5 Å². The van der Waals surface area contributed by atoms with Crippen LogP contribution in [0.4, 0.5) is 4.39 Å². The molecule has 0 aliphatic rings. The van der Waals surface area contributed by atoms with Crippen LogP contribution in [-0.4, -0.2) is 17.7 Å². The average molecular weight is 356 g/mol. The average Bonchev–Trinajstić information content (AvgIpc) is 2.63. The molecular formula is C22H25FO3. The van der Waals surface area contributed by atoms with E-state index in [0.717, 1.165) is 36.8 Å². The van der Waals surface area contributed by atoms with Crippen LogP contribution in [0.2, 0.25) is 0 Å². The van der Waals surface area contributed by atoms with Gasteiger partial charge in [-0.05, 0) is 42.2 Å². The summed E-state index contributed by atoms with van der Waals surface area (Å²) in [4.78, 5) is 11.8. The molecule has 0 heterocycles.